The van der Waals surface area contributed by atoms with Gasteiger partial charge in [-0.3, -0.25) is 10.1 Å². The van der Waals surface area contributed by atoms with Gasteiger partial charge < -0.3 is 20.8 Å². The first-order chi connectivity index (χ1) is 9.40. The molecule has 1 aromatic carbocycles. The Morgan fingerprint density at radius 2 is 2.05 bits per heavy atom. The molecule has 0 aliphatic carbocycles. The standard InChI is InChI=1S/C11H13N3O6/c15-9(10(16)17)6-13-11(18)12-5-7-2-1-3-8(4-7)14(19)20/h1-4,9,15H,5-6H2,(H,16,17)(H2,12,13,18)/t9-/m0/s1. The maximum atomic E-state index is 11.3. The minimum absolute atomic E-state index is 0.0384. The summed E-state index contributed by atoms with van der Waals surface area (Å²) in [5, 5.41) is 32.4. The van der Waals surface area contributed by atoms with Crippen LogP contribution >= 0.6 is 0 Å². The zero-order valence-corrected chi connectivity index (χ0v) is 10.3. The van der Waals surface area contributed by atoms with Gasteiger partial charge in [0, 0.05) is 18.7 Å². The third-order valence-corrected chi connectivity index (χ3v) is 2.32. The zero-order valence-electron chi connectivity index (χ0n) is 10.3. The number of benzene rings is 1. The van der Waals surface area contributed by atoms with E-state index in [4.69, 9.17) is 10.2 Å². The number of nitro groups is 1. The number of aliphatic hydroxyl groups is 1. The molecule has 0 heterocycles. The number of aliphatic carboxylic acids is 1. The molecule has 0 radical (unpaired) electrons. The number of aliphatic hydroxyl groups excluding tert-OH is 1. The molecule has 0 bridgehead atoms. The van der Waals surface area contributed by atoms with Crippen LogP contribution in [-0.2, 0) is 11.3 Å². The van der Waals surface area contributed by atoms with Gasteiger partial charge in [-0.15, -0.1) is 0 Å². The van der Waals surface area contributed by atoms with Crippen LogP contribution in [0.15, 0.2) is 24.3 Å². The topological polar surface area (TPSA) is 142 Å². The van der Waals surface area contributed by atoms with Crippen LogP contribution in [0.4, 0.5) is 10.5 Å². The first-order valence-electron chi connectivity index (χ1n) is 5.56. The molecular weight excluding hydrogens is 270 g/mol. The van der Waals surface area contributed by atoms with Gasteiger partial charge in [0.1, 0.15) is 0 Å². The van der Waals surface area contributed by atoms with Crippen molar-refractivity contribution in [2.45, 2.75) is 12.6 Å². The van der Waals surface area contributed by atoms with Crippen molar-refractivity contribution in [3.8, 4) is 0 Å². The smallest absolute Gasteiger partial charge is 0.334 e. The summed E-state index contributed by atoms with van der Waals surface area (Å²) in [6.45, 7) is -0.396. The summed E-state index contributed by atoms with van der Waals surface area (Å²) in [6, 6.07) is 5.04. The van der Waals surface area contributed by atoms with Crippen molar-refractivity contribution in [1.82, 2.24) is 10.6 Å². The van der Waals surface area contributed by atoms with Crippen LogP contribution in [0.25, 0.3) is 0 Å². The Morgan fingerprint density at radius 3 is 2.65 bits per heavy atom. The summed E-state index contributed by atoms with van der Waals surface area (Å²) in [5.74, 6) is -1.44. The van der Waals surface area contributed by atoms with Gasteiger partial charge in [-0.1, -0.05) is 12.1 Å². The molecule has 0 fully saturated rings. The van der Waals surface area contributed by atoms with Gasteiger partial charge >= 0.3 is 12.0 Å². The van der Waals surface area contributed by atoms with Crippen LogP contribution in [0.2, 0.25) is 0 Å². The molecule has 1 atom stereocenters. The molecule has 1 aromatic rings. The summed E-state index contributed by atoms with van der Waals surface area (Å²) in [6.07, 6.45) is -1.68. The number of hydrogen-bond donors (Lipinski definition) is 4. The Hall–Kier alpha value is -2.68. The third-order valence-electron chi connectivity index (χ3n) is 2.32. The van der Waals surface area contributed by atoms with E-state index in [1.54, 1.807) is 6.07 Å². The summed E-state index contributed by atoms with van der Waals surface area (Å²) >= 11 is 0. The number of non-ortho nitro benzene ring substituents is 1. The molecule has 0 aliphatic rings. The van der Waals surface area contributed by atoms with Crippen LogP contribution in [0.1, 0.15) is 5.56 Å². The summed E-state index contributed by atoms with van der Waals surface area (Å²) < 4.78 is 0. The molecular formula is C11H13N3O6. The second-order valence-corrected chi connectivity index (χ2v) is 3.84. The highest BCUT2D eigenvalue weighted by molar-refractivity contribution is 5.76. The Morgan fingerprint density at radius 1 is 1.35 bits per heavy atom. The Balaban J connectivity index is 2.43. The predicted octanol–water partition coefficient (Wildman–Crippen LogP) is -0.161. The van der Waals surface area contributed by atoms with Crippen molar-refractivity contribution >= 4 is 17.7 Å². The zero-order chi connectivity index (χ0) is 15.1. The number of urea groups is 1. The Labute approximate surface area is 113 Å². The van der Waals surface area contributed by atoms with Crippen molar-refractivity contribution in [1.29, 1.82) is 0 Å². The molecule has 2 amide bonds. The lowest BCUT2D eigenvalue weighted by Gasteiger charge is -2.09. The molecule has 0 saturated carbocycles. The fourth-order valence-electron chi connectivity index (χ4n) is 1.30. The number of rotatable bonds is 6. The number of carbonyl (C=O) groups excluding carboxylic acids is 1. The van der Waals surface area contributed by atoms with Crippen LogP contribution in [0.5, 0.6) is 0 Å². The lowest BCUT2D eigenvalue weighted by Crippen LogP contribution is -2.41. The largest absolute Gasteiger partial charge is 0.479 e. The molecule has 0 unspecified atom stereocenters. The first kappa shape index (κ1) is 15.4. The van der Waals surface area contributed by atoms with E-state index in [2.05, 4.69) is 10.6 Å². The summed E-state index contributed by atoms with van der Waals surface area (Å²) in [7, 11) is 0. The minimum atomic E-state index is -1.68. The molecule has 20 heavy (non-hydrogen) atoms. The second kappa shape index (κ2) is 7.04. The monoisotopic (exact) mass is 283 g/mol. The molecule has 0 aliphatic heterocycles. The number of carboxylic acids is 1. The van der Waals surface area contributed by atoms with Gasteiger partial charge in [0.05, 0.1) is 11.5 Å². The molecule has 0 aromatic heterocycles. The van der Waals surface area contributed by atoms with Crippen molar-refractivity contribution in [3.63, 3.8) is 0 Å². The van der Waals surface area contributed by atoms with E-state index < -0.39 is 29.6 Å². The fourth-order valence-corrected chi connectivity index (χ4v) is 1.30. The van der Waals surface area contributed by atoms with E-state index in [0.717, 1.165) is 0 Å². The van der Waals surface area contributed by atoms with Gasteiger partial charge in [-0.2, -0.15) is 0 Å². The van der Waals surface area contributed by atoms with E-state index in [1.807, 2.05) is 0 Å². The number of carboxylic acid groups (broad SMARTS) is 1. The number of nitrogens with zero attached hydrogens (tertiary/aromatic N) is 1. The van der Waals surface area contributed by atoms with E-state index in [-0.39, 0.29) is 12.2 Å². The van der Waals surface area contributed by atoms with Gasteiger partial charge in [-0.25, -0.2) is 9.59 Å². The second-order valence-electron chi connectivity index (χ2n) is 3.84. The van der Waals surface area contributed by atoms with E-state index in [9.17, 15) is 19.7 Å². The fraction of sp³-hybridized carbons (Fsp3) is 0.273. The van der Waals surface area contributed by atoms with Crippen LogP contribution < -0.4 is 10.6 Å². The number of hydrogen-bond acceptors (Lipinski definition) is 5. The van der Waals surface area contributed by atoms with Gasteiger partial charge in [-0.05, 0) is 5.56 Å². The number of carbonyl (C=O) groups is 2. The van der Waals surface area contributed by atoms with Gasteiger partial charge in [0.2, 0.25) is 0 Å². The maximum absolute atomic E-state index is 11.3. The van der Waals surface area contributed by atoms with E-state index >= 15 is 0 Å². The van der Waals surface area contributed by atoms with Gasteiger partial charge in [0.25, 0.3) is 5.69 Å². The van der Waals surface area contributed by atoms with Crippen molar-refractivity contribution in [2.24, 2.45) is 0 Å². The highest BCUT2D eigenvalue weighted by Gasteiger charge is 2.14. The third kappa shape index (κ3) is 4.90. The summed E-state index contributed by atoms with van der Waals surface area (Å²) in [5.41, 5.74) is 0.430. The molecule has 9 nitrogen and oxygen atoms in total. The number of nitro benzene ring substituents is 1. The van der Waals surface area contributed by atoms with Crippen molar-refractivity contribution in [3.05, 3.63) is 39.9 Å². The van der Waals surface area contributed by atoms with Crippen molar-refractivity contribution < 1.29 is 24.7 Å². The lowest BCUT2D eigenvalue weighted by atomic mass is 10.2. The molecule has 0 saturated heterocycles. The molecule has 108 valence electrons. The molecule has 0 spiro atoms. The van der Waals surface area contributed by atoms with Crippen molar-refractivity contribution in [2.75, 3.05) is 6.54 Å². The van der Waals surface area contributed by atoms with Crippen LogP contribution in [0.3, 0.4) is 0 Å². The van der Waals surface area contributed by atoms with E-state index in [0.29, 0.717) is 5.56 Å². The SMILES string of the molecule is O=C(NCc1cccc([N+](=O)[O-])c1)NC[C@H](O)C(=O)O. The summed E-state index contributed by atoms with van der Waals surface area (Å²) in [4.78, 5) is 31.6. The highest BCUT2D eigenvalue weighted by Crippen LogP contribution is 2.12. The predicted molar refractivity (Wildman–Crippen MR) is 67.0 cm³/mol. The number of nitrogens with one attached hydrogen (secondary N) is 2. The average Bonchev–Trinajstić information content (AvgIpc) is 2.42. The molecule has 9 heteroatoms. The quantitative estimate of drug-likeness (QED) is 0.422. The normalized spacial score (nSPS) is 11.4. The lowest BCUT2D eigenvalue weighted by molar-refractivity contribution is -0.384. The maximum Gasteiger partial charge on any atom is 0.334 e. The highest BCUT2D eigenvalue weighted by atomic mass is 16.6. The minimum Gasteiger partial charge on any atom is -0.479 e. The van der Waals surface area contributed by atoms with Gasteiger partial charge in [0.15, 0.2) is 6.10 Å². The van der Waals surface area contributed by atoms with E-state index in [1.165, 1.54) is 18.2 Å². The van der Waals surface area contributed by atoms with Crippen LogP contribution in [0, 0.1) is 10.1 Å². The molecule has 4 N–H and O–H groups in total. The Kier molecular flexibility index (Phi) is 5.42. The average molecular weight is 283 g/mol. The first-order valence-corrected chi connectivity index (χ1v) is 5.56. The molecule has 1 rings (SSSR count). The van der Waals surface area contributed by atoms with Crippen LogP contribution in [-0.4, -0.2) is 39.8 Å². The number of amides is 2. The Bertz CT molecular complexity index is 519.